The first kappa shape index (κ1) is 19.1. The molecule has 1 aromatic carbocycles. The molecule has 1 aromatic heterocycles. The molecule has 2 aromatic rings. The van der Waals surface area contributed by atoms with Crippen LogP contribution in [0.1, 0.15) is 36.6 Å². The highest BCUT2D eigenvalue weighted by Crippen LogP contribution is 2.22. The minimum Gasteiger partial charge on any atom is -0.296 e. The molecule has 0 radical (unpaired) electrons. The van der Waals surface area contributed by atoms with E-state index in [0.717, 1.165) is 30.9 Å². The smallest absolute Gasteiger partial charge is 0.243 e. The first-order valence-corrected chi connectivity index (χ1v) is 10.5. The normalized spacial score (nSPS) is 17.1. The highest BCUT2D eigenvalue weighted by Gasteiger charge is 2.28. The summed E-state index contributed by atoms with van der Waals surface area (Å²) in [7, 11) is -1.49. The van der Waals surface area contributed by atoms with Crippen LogP contribution in [0, 0.1) is 6.92 Å². The van der Waals surface area contributed by atoms with Crippen LogP contribution in [0.25, 0.3) is 0 Å². The van der Waals surface area contributed by atoms with Gasteiger partial charge in [0.2, 0.25) is 10.0 Å². The van der Waals surface area contributed by atoms with Crippen molar-refractivity contribution in [3.8, 4) is 0 Å². The van der Waals surface area contributed by atoms with E-state index in [1.54, 1.807) is 16.4 Å². The second kappa shape index (κ2) is 7.50. The van der Waals surface area contributed by atoms with Crippen LogP contribution in [0.4, 0.5) is 0 Å². The first-order chi connectivity index (χ1) is 12.3. The fraction of sp³-hybridized carbons (Fsp3) is 0.526. The van der Waals surface area contributed by atoms with Gasteiger partial charge in [-0.15, -0.1) is 0 Å². The molecule has 7 heteroatoms. The third-order valence-electron chi connectivity index (χ3n) is 5.02. The van der Waals surface area contributed by atoms with Crippen molar-refractivity contribution in [2.24, 2.45) is 7.05 Å². The van der Waals surface area contributed by atoms with Gasteiger partial charge in [0, 0.05) is 51.5 Å². The first-order valence-electron chi connectivity index (χ1n) is 9.09. The fourth-order valence-electron chi connectivity index (χ4n) is 3.35. The van der Waals surface area contributed by atoms with Gasteiger partial charge in [0.1, 0.15) is 0 Å². The van der Waals surface area contributed by atoms with Crippen molar-refractivity contribution in [2.45, 2.75) is 38.1 Å². The van der Waals surface area contributed by atoms with Crippen LogP contribution >= 0.6 is 0 Å². The Labute approximate surface area is 156 Å². The molecule has 2 heterocycles. The average molecular weight is 377 g/mol. The van der Waals surface area contributed by atoms with Crippen LogP contribution in [-0.2, 0) is 23.6 Å². The molecule has 1 fully saturated rings. The summed E-state index contributed by atoms with van der Waals surface area (Å²) < 4.78 is 29.2. The molecule has 26 heavy (non-hydrogen) atoms. The Morgan fingerprint density at radius 1 is 1.08 bits per heavy atom. The molecule has 0 amide bonds. The van der Waals surface area contributed by atoms with Crippen molar-refractivity contribution in [3.05, 3.63) is 47.3 Å². The predicted octanol–water partition coefficient (Wildman–Crippen LogP) is 2.36. The molecule has 0 bridgehead atoms. The van der Waals surface area contributed by atoms with E-state index in [2.05, 4.69) is 23.8 Å². The topological polar surface area (TPSA) is 58.4 Å². The van der Waals surface area contributed by atoms with Gasteiger partial charge in [0.15, 0.2) is 0 Å². The largest absolute Gasteiger partial charge is 0.296 e. The Bertz CT molecular complexity index is 848. The lowest BCUT2D eigenvalue weighted by Crippen LogP contribution is -2.48. The molecule has 0 saturated carbocycles. The standard InChI is InChI=1S/C19H28N4O2S/c1-15(2)17-5-7-19(8-6-17)26(24,25)23-11-9-22(10-12-23)14-18-13-21(4)20-16(18)3/h5-8,13,15H,9-12,14H2,1-4H3. The monoisotopic (exact) mass is 376 g/mol. The Balaban J connectivity index is 1.64. The Kier molecular flexibility index (Phi) is 5.50. The van der Waals surface area contributed by atoms with E-state index in [1.807, 2.05) is 37.0 Å². The van der Waals surface area contributed by atoms with E-state index < -0.39 is 10.0 Å². The fourth-order valence-corrected chi connectivity index (χ4v) is 4.77. The third-order valence-corrected chi connectivity index (χ3v) is 6.94. The molecule has 0 atom stereocenters. The van der Waals surface area contributed by atoms with Gasteiger partial charge in [-0.1, -0.05) is 26.0 Å². The summed E-state index contributed by atoms with van der Waals surface area (Å²) in [4.78, 5) is 2.68. The lowest BCUT2D eigenvalue weighted by atomic mass is 10.0. The third kappa shape index (κ3) is 4.00. The van der Waals surface area contributed by atoms with Crippen LogP contribution in [-0.4, -0.2) is 53.6 Å². The van der Waals surface area contributed by atoms with Gasteiger partial charge < -0.3 is 0 Å². The van der Waals surface area contributed by atoms with E-state index in [4.69, 9.17) is 0 Å². The van der Waals surface area contributed by atoms with Gasteiger partial charge in [0.25, 0.3) is 0 Å². The number of piperazine rings is 1. The molecule has 3 rings (SSSR count). The quantitative estimate of drug-likeness (QED) is 0.804. The van der Waals surface area contributed by atoms with Crippen LogP contribution < -0.4 is 0 Å². The Morgan fingerprint density at radius 3 is 2.19 bits per heavy atom. The van der Waals surface area contributed by atoms with Gasteiger partial charge in [-0.3, -0.25) is 9.58 Å². The Hall–Kier alpha value is -1.70. The molecular formula is C19H28N4O2S. The van der Waals surface area contributed by atoms with Crippen molar-refractivity contribution < 1.29 is 8.42 Å². The molecule has 142 valence electrons. The van der Waals surface area contributed by atoms with E-state index >= 15 is 0 Å². The van der Waals surface area contributed by atoms with Crippen LogP contribution in [0.2, 0.25) is 0 Å². The minimum atomic E-state index is -3.41. The minimum absolute atomic E-state index is 0.387. The zero-order valence-electron chi connectivity index (χ0n) is 16.0. The zero-order valence-corrected chi connectivity index (χ0v) is 16.8. The maximum absolute atomic E-state index is 12.9. The lowest BCUT2D eigenvalue weighted by molar-refractivity contribution is 0.181. The van der Waals surface area contributed by atoms with Crippen LogP contribution in [0.3, 0.4) is 0 Å². The highest BCUT2D eigenvalue weighted by atomic mass is 32.2. The second-order valence-corrected chi connectivity index (χ2v) is 9.26. The summed E-state index contributed by atoms with van der Waals surface area (Å²) in [5.41, 5.74) is 3.39. The summed E-state index contributed by atoms with van der Waals surface area (Å²) in [5.74, 6) is 0.395. The maximum atomic E-state index is 12.9. The summed E-state index contributed by atoms with van der Waals surface area (Å²) in [6, 6.07) is 7.30. The van der Waals surface area contributed by atoms with Gasteiger partial charge >= 0.3 is 0 Å². The van der Waals surface area contributed by atoms with Crippen molar-refractivity contribution in [3.63, 3.8) is 0 Å². The summed E-state index contributed by atoms with van der Waals surface area (Å²) in [6.45, 7) is 9.54. The highest BCUT2D eigenvalue weighted by molar-refractivity contribution is 7.89. The number of nitrogens with zero attached hydrogens (tertiary/aromatic N) is 4. The van der Waals surface area contributed by atoms with Gasteiger partial charge in [-0.25, -0.2) is 8.42 Å². The number of aromatic nitrogens is 2. The maximum Gasteiger partial charge on any atom is 0.243 e. The molecule has 0 spiro atoms. The van der Waals surface area contributed by atoms with Gasteiger partial charge in [0.05, 0.1) is 10.6 Å². The summed E-state index contributed by atoms with van der Waals surface area (Å²) in [6.07, 6.45) is 2.04. The van der Waals surface area contributed by atoms with E-state index in [1.165, 1.54) is 5.56 Å². The van der Waals surface area contributed by atoms with Crippen LogP contribution in [0.5, 0.6) is 0 Å². The average Bonchev–Trinajstić information content (AvgIpc) is 2.92. The molecule has 0 N–H and O–H groups in total. The van der Waals surface area contributed by atoms with Crippen molar-refractivity contribution in [2.75, 3.05) is 26.2 Å². The molecule has 6 nitrogen and oxygen atoms in total. The second-order valence-electron chi connectivity index (χ2n) is 7.32. The van der Waals surface area contributed by atoms with Crippen molar-refractivity contribution >= 4 is 10.0 Å². The van der Waals surface area contributed by atoms with E-state index in [0.29, 0.717) is 23.9 Å². The number of hydrogen-bond donors (Lipinski definition) is 0. The molecule has 1 aliphatic rings. The number of aryl methyl sites for hydroxylation is 2. The van der Waals surface area contributed by atoms with E-state index in [-0.39, 0.29) is 0 Å². The molecular weight excluding hydrogens is 348 g/mol. The SMILES string of the molecule is Cc1nn(C)cc1CN1CCN(S(=O)(=O)c2ccc(C(C)C)cc2)CC1. The summed E-state index contributed by atoms with van der Waals surface area (Å²) in [5, 5.41) is 4.37. The van der Waals surface area contributed by atoms with Crippen molar-refractivity contribution in [1.82, 2.24) is 19.0 Å². The zero-order chi connectivity index (χ0) is 18.9. The number of rotatable bonds is 5. The molecule has 0 aliphatic carbocycles. The lowest BCUT2D eigenvalue weighted by Gasteiger charge is -2.33. The molecule has 1 aliphatic heterocycles. The molecule has 0 unspecified atom stereocenters. The van der Waals surface area contributed by atoms with Crippen molar-refractivity contribution in [1.29, 1.82) is 0 Å². The number of benzene rings is 1. The summed E-state index contributed by atoms with van der Waals surface area (Å²) >= 11 is 0. The van der Waals surface area contributed by atoms with Gasteiger partial charge in [-0.05, 0) is 30.5 Å². The number of sulfonamides is 1. The predicted molar refractivity (Wildman–Crippen MR) is 103 cm³/mol. The molecule has 1 saturated heterocycles. The van der Waals surface area contributed by atoms with Gasteiger partial charge in [-0.2, -0.15) is 9.40 Å². The Morgan fingerprint density at radius 2 is 1.69 bits per heavy atom. The van der Waals surface area contributed by atoms with E-state index in [9.17, 15) is 8.42 Å². The van der Waals surface area contributed by atoms with Crippen LogP contribution in [0.15, 0.2) is 35.4 Å². The number of hydrogen-bond acceptors (Lipinski definition) is 4.